The fourth-order valence-electron chi connectivity index (χ4n) is 5.27. The number of ether oxygens (including phenoxy) is 1. The van der Waals surface area contributed by atoms with Crippen molar-refractivity contribution >= 4 is 5.97 Å². The molecule has 5 nitrogen and oxygen atoms in total. The van der Waals surface area contributed by atoms with E-state index in [1.807, 2.05) is 13.0 Å². The number of esters is 1. The molecule has 0 amide bonds. The third kappa shape index (κ3) is 3.66. The summed E-state index contributed by atoms with van der Waals surface area (Å²) in [6, 6.07) is 2.58. The molecule has 2 aliphatic rings. The first kappa shape index (κ1) is 19.3. The maximum atomic E-state index is 12.7. The molecular formula is C20H31FN2O3. The van der Waals surface area contributed by atoms with E-state index in [0.29, 0.717) is 12.5 Å². The number of fused-ring (bicyclic) bond motifs is 2. The number of carbonyl (C=O) groups is 1. The highest BCUT2D eigenvalue weighted by Gasteiger charge is 2.54. The van der Waals surface area contributed by atoms with Crippen molar-refractivity contribution in [3.05, 3.63) is 17.5 Å². The van der Waals surface area contributed by atoms with Crippen LogP contribution < -0.4 is 0 Å². The number of methoxy groups -OCH3 is 1. The molecule has 0 aliphatic carbocycles. The molecule has 2 fully saturated rings. The highest BCUT2D eigenvalue weighted by molar-refractivity contribution is 5.74. The molecule has 0 saturated carbocycles. The van der Waals surface area contributed by atoms with Gasteiger partial charge in [-0.05, 0) is 50.4 Å². The van der Waals surface area contributed by atoms with E-state index in [1.54, 1.807) is 0 Å². The summed E-state index contributed by atoms with van der Waals surface area (Å²) in [6.45, 7) is 6.75. The topological polar surface area (TPSA) is 55.6 Å². The first-order chi connectivity index (χ1) is 12.4. The summed E-state index contributed by atoms with van der Waals surface area (Å²) in [6.07, 6.45) is 4.33. The zero-order chi connectivity index (χ0) is 18.9. The van der Waals surface area contributed by atoms with Gasteiger partial charge in [0.1, 0.15) is 5.76 Å². The first-order valence-corrected chi connectivity index (χ1v) is 9.69. The summed E-state index contributed by atoms with van der Waals surface area (Å²) < 4.78 is 23.1. The fourth-order valence-corrected chi connectivity index (χ4v) is 5.27. The fraction of sp³-hybridized carbons (Fsp3) is 0.800. The number of aromatic nitrogens is 1. The molecule has 0 radical (unpaired) electrons. The number of rotatable bonds is 7. The monoisotopic (exact) mass is 366 g/mol. The highest BCUT2D eigenvalue weighted by Crippen LogP contribution is 2.50. The lowest BCUT2D eigenvalue weighted by atomic mass is 9.64. The number of aryl methyl sites for hydroxylation is 1. The van der Waals surface area contributed by atoms with Crippen LogP contribution in [0.1, 0.15) is 51.0 Å². The van der Waals surface area contributed by atoms with Gasteiger partial charge in [0, 0.05) is 24.7 Å². The van der Waals surface area contributed by atoms with E-state index < -0.39 is 0 Å². The standard InChI is InChI=1S/C20H31FN2O3/c1-13-10-14(22-26-13)12-20(2,3)16-11-15-6-7-17(18(16)19(24)25-4)23(15)9-5-8-21/h10,15-18H,5-9,11-12H2,1-4H3. The Kier molecular flexibility index (Phi) is 5.70. The summed E-state index contributed by atoms with van der Waals surface area (Å²) in [4.78, 5) is 15.1. The molecule has 146 valence electrons. The van der Waals surface area contributed by atoms with Crippen LogP contribution in [0.15, 0.2) is 10.6 Å². The Morgan fingerprint density at radius 2 is 2.23 bits per heavy atom. The van der Waals surface area contributed by atoms with Crippen molar-refractivity contribution < 1.29 is 18.4 Å². The van der Waals surface area contributed by atoms with Crippen LogP contribution in [0.3, 0.4) is 0 Å². The largest absolute Gasteiger partial charge is 0.469 e. The Balaban J connectivity index is 1.84. The predicted octanol–water partition coefficient (Wildman–Crippen LogP) is 3.55. The van der Waals surface area contributed by atoms with Gasteiger partial charge < -0.3 is 9.26 Å². The minimum absolute atomic E-state index is 0.102. The lowest BCUT2D eigenvalue weighted by molar-refractivity contribution is -0.156. The highest BCUT2D eigenvalue weighted by atomic mass is 19.1. The number of alkyl halides is 1. The van der Waals surface area contributed by atoms with E-state index in [1.165, 1.54) is 7.11 Å². The molecule has 2 bridgehead atoms. The van der Waals surface area contributed by atoms with Crippen molar-refractivity contribution in [1.29, 1.82) is 0 Å². The van der Waals surface area contributed by atoms with Crippen molar-refractivity contribution in [2.24, 2.45) is 17.3 Å². The predicted molar refractivity (Wildman–Crippen MR) is 96.4 cm³/mol. The maximum Gasteiger partial charge on any atom is 0.310 e. The molecule has 1 aromatic heterocycles. The van der Waals surface area contributed by atoms with Gasteiger partial charge in [-0.25, -0.2) is 0 Å². The summed E-state index contributed by atoms with van der Waals surface area (Å²) in [5.74, 6) is 0.726. The molecule has 3 heterocycles. The Bertz CT molecular complexity index is 630. The molecule has 0 N–H and O–H groups in total. The molecule has 26 heavy (non-hydrogen) atoms. The Morgan fingerprint density at radius 1 is 1.46 bits per heavy atom. The van der Waals surface area contributed by atoms with Gasteiger partial charge in [-0.1, -0.05) is 19.0 Å². The van der Waals surface area contributed by atoms with Gasteiger partial charge in [0.2, 0.25) is 0 Å². The van der Waals surface area contributed by atoms with Crippen LogP contribution in [0.2, 0.25) is 0 Å². The zero-order valence-corrected chi connectivity index (χ0v) is 16.3. The van der Waals surface area contributed by atoms with Gasteiger partial charge >= 0.3 is 5.97 Å². The molecule has 1 aromatic rings. The van der Waals surface area contributed by atoms with Crippen molar-refractivity contribution in [2.45, 2.75) is 65.0 Å². The number of nitrogens with zero attached hydrogens (tertiary/aromatic N) is 2. The van der Waals surface area contributed by atoms with Crippen LogP contribution in [-0.2, 0) is 16.0 Å². The van der Waals surface area contributed by atoms with E-state index in [2.05, 4.69) is 23.9 Å². The summed E-state index contributed by atoms with van der Waals surface area (Å²) in [5, 5.41) is 4.15. The number of hydrogen-bond acceptors (Lipinski definition) is 5. The number of piperidine rings is 1. The van der Waals surface area contributed by atoms with E-state index in [0.717, 1.165) is 43.7 Å². The summed E-state index contributed by atoms with van der Waals surface area (Å²) in [7, 11) is 1.47. The molecule has 0 aromatic carbocycles. The number of hydrogen-bond donors (Lipinski definition) is 0. The van der Waals surface area contributed by atoms with Gasteiger partial charge in [0.15, 0.2) is 0 Å². The van der Waals surface area contributed by atoms with Gasteiger partial charge in [0.25, 0.3) is 0 Å². The van der Waals surface area contributed by atoms with Crippen LogP contribution in [0.25, 0.3) is 0 Å². The third-order valence-corrected chi connectivity index (χ3v) is 6.41. The average molecular weight is 366 g/mol. The van der Waals surface area contributed by atoms with Gasteiger partial charge in [0.05, 0.1) is 25.4 Å². The zero-order valence-electron chi connectivity index (χ0n) is 16.3. The Hall–Kier alpha value is -1.43. The number of halogens is 1. The van der Waals surface area contributed by atoms with Crippen LogP contribution in [-0.4, -0.2) is 48.4 Å². The second-order valence-electron chi connectivity index (χ2n) is 8.56. The van der Waals surface area contributed by atoms with Crippen molar-refractivity contribution in [1.82, 2.24) is 10.1 Å². The minimum Gasteiger partial charge on any atom is -0.469 e. The molecule has 2 aliphatic heterocycles. The maximum absolute atomic E-state index is 12.7. The number of carbonyl (C=O) groups excluding carboxylic acids is 1. The lowest BCUT2D eigenvalue weighted by Gasteiger charge is -2.49. The van der Waals surface area contributed by atoms with Crippen LogP contribution in [0.5, 0.6) is 0 Å². The van der Waals surface area contributed by atoms with Gasteiger partial charge in [-0.15, -0.1) is 0 Å². The lowest BCUT2D eigenvalue weighted by Crippen LogP contribution is -2.55. The normalized spacial score (nSPS) is 29.1. The van der Waals surface area contributed by atoms with Gasteiger partial charge in [-0.3, -0.25) is 14.1 Å². The SMILES string of the molecule is COC(=O)C1C2CCC(CC1C(C)(C)Cc1cc(C)on1)N2CCCF. The smallest absolute Gasteiger partial charge is 0.310 e. The van der Waals surface area contributed by atoms with Crippen LogP contribution in [0, 0.1) is 24.2 Å². The van der Waals surface area contributed by atoms with Crippen molar-refractivity contribution in [2.75, 3.05) is 20.3 Å². The minimum atomic E-state index is -0.306. The second-order valence-corrected chi connectivity index (χ2v) is 8.56. The summed E-state index contributed by atoms with van der Waals surface area (Å²) in [5.41, 5.74) is 0.832. The van der Waals surface area contributed by atoms with Crippen LogP contribution >= 0.6 is 0 Å². The van der Waals surface area contributed by atoms with E-state index >= 15 is 0 Å². The molecule has 3 rings (SSSR count). The second kappa shape index (κ2) is 7.67. The van der Waals surface area contributed by atoms with Crippen molar-refractivity contribution in [3.8, 4) is 0 Å². The Labute approximate surface area is 155 Å². The van der Waals surface area contributed by atoms with E-state index in [9.17, 15) is 9.18 Å². The first-order valence-electron chi connectivity index (χ1n) is 9.69. The van der Waals surface area contributed by atoms with Crippen LogP contribution in [0.4, 0.5) is 4.39 Å². The van der Waals surface area contributed by atoms with Gasteiger partial charge in [-0.2, -0.15) is 0 Å². The van der Waals surface area contributed by atoms with Crippen molar-refractivity contribution in [3.63, 3.8) is 0 Å². The molecule has 0 spiro atoms. The molecular weight excluding hydrogens is 335 g/mol. The van der Waals surface area contributed by atoms with E-state index in [4.69, 9.17) is 9.26 Å². The molecule has 4 atom stereocenters. The third-order valence-electron chi connectivity index (χ3n) is 6.41. The average Bonchev–Trinajstić information content (AvgIpc) is 3.12. The quantitative estimate of drug-likeness (QED) is 0.691. The Morgan fingerprint density at radius 3 is 2.85 bits per heavy atom. The molecule has 2 saturated heterocycles. The van der Waals surface area contributed by atoms with E-state index in [-0.39, 0.29) is 35.9 Å². The molecule has 4 unspecified atom stereocenters. The molecule has 6 heteroatoms. The summed E-state index contributed by atoms with van der Waals surface area (Å²) >= 11 is 0.